The highest BCUT2D eigenvalue weighted by Crippen LogP contribution is 2.29. The van der Waals surface area contributed by atoms with Crippen LogP contribution in [0.25, 0.3) is 11.2 Å². The Labute approximate surface area is 154 Å². The predicted octanol–water partition coefficient (Wildman–Crippen LogP) is 2.29. The molecule has 0 radical (unpaired) electrons. The van der Waals surface area contributed by atoms with E-state index in [1.54, 1.807) is 6.33 Å². The van der Waals surface area contributed by atoms with Gasteiger partial charge < -0.3 is 14.8 Å². The van der Waals surface area contributed by atoms with Gasteiger partial charge in [0.1, 0.15) is 12.2 Å². The zero-order chi connectivity index (χ0) is 18.1. The molecule has 4 heterocycles. The second-order valence-electron chi connectivity index (χ2n) is 7.81. The van der Waals surface area contributed by atoms with E-state index in [4.69, 9.17) is 4.98 Å². The summed E-state index contributed by atoms with van der Waals surface area (Å²) in [6.07, 6.45) is 8.20. The van der Waals surface area contributed by atoms with Crippen LogP contribution in [-0.4, -0.2) is 44.6 Å². The van der Waals surface area contributed by atoms with Crippen LogP contribution in [-0.2, 0) is 17.8 Å². The van der Waals surface area contributed by atoms with Crippen molar-refractivity contribution in [1.82, 2.24) is 24.8 Å². The molecular weight excluding hydrogens is 328 g/mol. The molecule has 4 rings (SSSR count). The first-order chi connectivity index (χ1) is 12.6. The zero-order valence-electron chi connectivity index (χ0n) is 15.7. The fourth-order valence-corrected chi connectivity index (χ4v) is 4.14. The van der Waals surface area contributed by atoms with Crippen molar-refractivity contribution in [3.05, 3.63) is 12.2 Å². The van der Waals surface area contributed by atoms with Crippen LogP contribution in [0.15, 0.2) is 6.33 Å². The predicted molar refractivity (Wildman–Crippen MR) is 101 cm³/mol. The Kier molecular flexibility index (Phi) is 4.78. The highest BCUT2D eigenvalue weighted by Gasteiger charge is 2.29. The van der Waals surface area contributed by atoms with Crippen molar-refractivity contribution in [3.8, 4) is 0 Å². The van der Waals surface area contributed by atoms with E-state index in [2.05, 4.69) is 24.8 Å². The van der Waals surface area contributed by atoms with Gasteiger partial charge in [-0.2, -0.15) is 0 Å². The summed E-state index contributed by atoms with van der Waals surface area (Å²) < 4.78 is 2.26. The third kappa shape index (κ3) is 3.27. The molecule has 0 saturated carbocycles. The molecule has 7 nitrogen and oxygen atoms in total. The largest absolute Gasteiger partial charge is 0.354 e. The zero-order valence-corrected chi connectivity index (χ0v) is 15.7. The maximum Gasteiger partial charge on any atom is 0.225 e. The molecule has 0 aliphatic carbocycles. The second-order valence-corrected chi connectivity index (χ2v) is 7.81. The van der Waals surface area contributed by atoms with Crippen molar-refractivity contribution in [2.24, 2.45) is 5.92 Å². The van der Waals surface area contributed by atoms with E-state index >= 15 is 0 Å². The van der Waals surface area contributed by atoms with Crippen LogP contribution < -0.4 is 10.2 Å². The number of amides is 1. The lowest BCUT2D eigenvalue weighted by molar-refractivity contribution is -0.125. The van der Waals surface area contributed by atoms with E-state index in [-0.39, 0.29) is 17.9 Å². The van der Waals surface area contributed by atoms with Gasteiger partial charge in [0.05, 0.1) is 5.92 Å². The third-order valence-corrected chi connectivity index (χ3v) is 5.40. The van der Waals surface area contributed by atoms with Crippen LogP contribution in [0.1, 0.15) is 51.8 Å². The van der Waals surface area contributed by atoms with Crippen LogP contribution >= 0.6 is 0 Å². The molecule has 0 spiro atoms. The van der Waals surface area contributed by atoms with Gasteiger partial charge in [0, 0.05) is 32.1 Å². The van der Waals surface area contributed by atoms with Gasteiger partial charge in [-0.1, -0.05) is 6.42 Å². The summed E-state index contributed by atoms with van der Waals surface area (Å²) in [5.74, 6) is 2.18. The molecule has 1 atom stereocenters. The van der Waals surface area contributed by atoms with Gasteiger partial charge in [0.25, 0.3) is 0 Å². The monoisotopic (exact) mass is 356 g/mol. The number of aryl methyl sites for hydroxylation is 2. The molecule has 26 heavy (non-hydrogen) atoms. The van der Waals surface area contributed by atoms with E-state index in [0.717, 1.165) is 55.2 Å². The summed E-state index contributed by atoms with van der Waals surface area (Å²) in [5, 5.41) is 3.05. The second kappa shape index (κ2) is 7.21. The van der Waals surface area contributed by atoms with Gasteiger partial charge in [0.2, 0.25) is 5.91 Å². The first-order valence-electron chi connectivity index (χ1n) is 9.89. The van der Waals surface area contributed by atoms with Crippen molar-refractivity contribution < 1.29 is 4.79 Å². The average Bonchev–Trinajstić information content (AvgIpc) is 2.82. The van der Waals surface area contributed by atoms with Crippen molar-refractivity contribution in [3.63, 3.8) is 0 Å². The van der Waals surface area contributed by atoms with E-state index in [1.165, 1.54) is 19.3 Å². The molecule has 1 amide bonds. The Bertz CT molecular complexity index is 799. The summed E-state index contributed by atoms with van der Waals surface area (Å²) in [6, 6.07) is 0.174. The van der Waals surface area contributed by atoms with Crippen LogP contribution in [0.2, 0.25) is 0 Å². The Morgan fingerprint density at radius 2 is 2.08 bits per heavy atom. The molecule has 1 unspecified atom stereocenters. The van der Waals surface area contributed by atoms with E-state index in [0.29, 0.717) is 6.54 Å². The van der Waals surface area contributed by atoms with E-state index in [9.17, 15) is 4.79 Å². The molecule has 2 aliphatic heterocycles. The number of carbonyl (C=O) groups excluding carboxylic acids is 1. The number of nitrogens with zero attached hydrogens (tertiary/aromatic N) is 5. The Morgan fingerprint density at radius 3 is 2.92 bits per heavy atom. The van der Waals surface area contributed by atoms with Crippen molar-refractivity contribution in [2.75, 3.05) is 18.0 Å². The molecular formula is C19H28N6O. The van der Waals surface area contributed by atoms with Crippen molar-refractivity contribution >= 4 is 22.9 Å². The quantitative estimate of drug-likeness (QED) is 0.913. The minimum absolute atomic E-state index is 0.0107. The van der Waals surface area contributed by atoms with E-state index in [1.807, 2.05) is 13.8 Å². The number of hydrogen-bond acceptors (Lipinski definition) is 5. The number of imidazole rings is 1. The van der Waals surface area contributed by atoms with Gasteiger partial charge in [-0.3, -0.25) is 4.79 Å². The van der Waals surface area contributed by atoms with Gasteiger partial charge in [-0.15, -0.1) is 0 Å². The molecule has 7 heteroatoms. The first-order valence-corrected chi connectivity index (χ1v) is 9.89. The SMILES string of the molecule is CC(C)NC(=O)C1CCCN(c2ncnc3c2nc2n3CCCCC2)C1. The van der Waals surface area contributed by atoms with Crippen LogP contribution in [0.3, 0.4) is 0 Å². The Hall–Kier alpha value is -2.18. The van der Waals surface area contributed by atoms with Gasteiger partial charge in [-0.25, -0.2) is 15.0 Å². The summed E-state index contributed by atoms with van der Waals surface area (Å²) in [5.41, 5.74) is 1.84. The normalized spacial score (nSPS) is 20.9. The minimum atomic E-state index is 0.0107. The van der Waals surface area contributed by atoms with Crippen LogP contribution in [0, 0.1) is 5.92 Å². The number of hydrogen-bond donors (Lipinski definition) is 1. The maximum absolute atomic E-state index is 12.5. The highest BCUT2D eigenvalue weighted by molar-refractivity contribution is 5.85. The third-order valence-electron chi connectivity index (χ3n) is 5.40. The first kappa shape index (κ1) is 17.2. The smallest absolute Gasteiger partial charge is 0.225 e. The molecule has 0 bridgehead atoms. The number of anilines is 1. The van der Waals surface area contributed by atoms with Crippen LogP contribution in [0.4, 0.5) is 5.82 Å². The molecule has 2 aromatic rings. The highest BCUT2D eigenvalue weighted by atomic mass is 16.2. The summed E-state index contributed by atoms with van der Waals surface area (Å²) >= 11 is 0. The molecule has 140 valence electrons. The van der Waals surface area contributed by atoms with E-state index < -0.39 is 0 Å². The van der Waals surface area contributed by atoms with Crippen molar-refractivity contribution in [1.29, 1.82) is 0 Å². The topological polar surface area (TPSA) is 75.9 Å². The van der Waals surface area contributed by atoms with Crippen LogP contribution in [0.5, 0.6) is 0 Å². The fourth-order valence-electron chi connectivity index (χ4n) is 4.14. The Morgan fingerprint density at radius 1 is 1.19 bits per heavy atom. The summed E-state index contributed by atoms with van der Waals surface area (Å²) in [4.78, 5) is 28.7. The molecule has 1 saturated heterocycles. The molecule has 0 aromatic carbocycles. The molecule has 1 N–H and O–H groups in total. The number of nitrogens with one attached hydrogen (secondary N) is 1. The Balaban J connectivity index is 1.63. The van der Waals surface area contributed by atoms with Crippen molar-refractivity contribution in [2.45, 2.75) is 65.0 Å². The van der Waals surface area contributed by atoms with Gasteiger partial charge >= 0.3 is 0 Å². The lowest BCUT2D eigenvalue weighted by Crippen LogP contribution is -2.45. The fraction of sp³-hybridized carbons (Fsp3) is 0.684. The lowest BCUT2D eigenvalue weighted by atomic mass is 9.97. The maximum atomic E-state index is 12.5. The summed E-state index contributed by atoms with van der Waals surface area (Å²) in [6.45, 7) is 6.61. The lowest BCUT2D eigenvalue weighted by Gasteiger charge is -2.33. The average molecular weight is 356 g/mol. The minimum Gasteiger partial charge on any atom is -0.354 e. The standard InChI is InChI=1S/C19H28N6O/c1-13(2)22-19(26)14-7-6-9-24(11-14)17-16-18(21-12-20-17)25-10-5-3-4-8-15(25)23-16/h12-14H,3-11H2,1-2H3,(H,22,26). The molecule has 2 aliphatic rings. The molecule has 2 aromatic heterocycles. The number of fused-ring (bicyclic) bond motifs is 3. The number of piperidine rings is 1. The molecule has 1 fully saturated rings. The summed E-state index contributed by atoms with van der Waals surface area (Å²) in [7, 11) is 0. The number of aromatic nitrogens is 4. The van der Waals surface area contributed by atoms with Gasteiger partial charge in [0.15, 0.2) is 17.0 Å². The number of carbonyl (C=O) groups is 1. The van der Waals surface area contributed by atoms with Gasteiger partial charge in [-0.05, 0) is 39.5 Å². The number of rotatable bonds is 3.